The zero-order valence-corrected chi connectivity index (χ0v) is 16.5. The fourth-order valence-corrected chi connectivity index (χ4v) is 2.64. The van der Waals surface area contributed by atoms with Crippen LogP contribution >= 0.6 is 0 Å². The molecule has 0 fully saturated rings. The van der Waals surface area contributed by atoms with E-state index in [1.54, 1.807) is 25.2 Å². The minimum absolute atomic E-state index is 0.0249. The molecule has 0 aliphatic carbocycles. The number of rotatable bonds is 9. The van der Waals surface area contributed by atoms with Crippen LogP contribution in [0.2, 0.25) is 0 Å². The second-order valence-corrected chi connectivity index (χ2v) is 6.46. The topological polar surface area (TPSA) is 74.5 Å². The SMILES string of the molecule is CCNC(=NCCCn1cccn1)NCCc1cccc(C(=O)N(C)C)c1. The van der Waals surface area contributed by atoms with Gasteiger partial charge >= 0.3 is 0 Å². The molecule has 0 spiro atoms. The van der Waals surface area contributed by atoms with E-state index in [4.69, 9.17) is 0 Å². The van der Waals surface area contributed by atoms with Crippen molar-refractivity contribution in [2.75, 3.05) is 33.7 Å². The molecule has 0 bridgehead atoms. The van der Waals surface area contributed by atoms with E-state index in [1.807, 2.05) is 41.2 Å². The van der Waals surface area contributed by atoms with Crippen LogP contribution in [-0.4, -0.2) is 60.3 Å². The molecule has 1 amide bonds. The van der Waals surface area contributed by atoms with Gasteiger partial charge in [-0.25, -0.2) is 0 Å². The van der Waals surface area contributed by atoms with E-state index in [9.17, 15) is 4.79 Å². The molecule has 2 N–H and O–H groups in total. The van der Waals surface area contributed by atoms with Crippen molar-refractivity contribution >= 4 is 11.9 Å². The Labute approximate surface area is 161 Å². The molecule has 0 aliphatic rings. The molecule has 0 atom stereocenters. The lowest BCUT2D eigenvalue weighted by Crippen LogP contribution is -2.38. The summed E-state index contributed by atoms with van der Waals surface area (Å²) in [5.41, 5.74) is 1.85. The van der Waals surface area contributed by atoms with Gasteiger partial charge in [0.1, 0.15) is 0 Å². The van der Waals surface area contributed by atoms with Crippen molar-refractivity contribution in [1.82, 2.24) is 25.3 Å². The van der Waals surface area contributed by atoms with Crippen LogP contribution in [0.15, 0.2) is 47.7 Å². The Morgan fingerprint density at radius 3 is 2.81 bits per heavy atom. The Hall–Kier alpha value is -2.83. The van der Waals surface area contributed by atoms with E-state index in [2.05, 4.69) is 27.6 Å². The summed E-state index contributed by atoms with van der Waals surface area (Å²) < 4.78 is 1.91. The van der Waals surface area contributed by atoms with Gasteiger partial charge in [-0.1, -0.05) is 12.1 Å². The van der Waals surface area contributed by atoms with Gasteiger partial charge in [0.15, 0.2) is 5.96 Å². The van der Waals surface area contributed by atoms with Crippen molar-refractivity contribution in [2.24, 2.45) is 4.99 Å². The van der Waals surface area contributed by atoms with Gasteiger partial charge in [0.05, 0.1) is 0 Å². The summed E-state index contributed by atoms with van der Waals surface area (Å²) in [7, 11) is 3.53. The Kier molecular flexibility index (Phi) is 8.35. The van der Waals surface area contributed by atoms with Gasteiger partial charge in [-0.15, -0.1) is 0 Å². The molecule has 1 aromatic heterocycles. The Morgan fingerprint density at radius 1 is 1.26 bits per heavy atom. The summed E-state index contributed by atoms with van der Waals surface area (Å²) >= 11 is 0. The molecule has 0 saturated heterocycles. The number of hydrogen-bond acceptors (Lipinski definition) is 3. The van der Waals surface area contributed by atoms with Crippen LogP contribution in [0.3, 0.4) is 0 Å². The number of carbonyl (C=O) groups is 1. The molecule has 0 saturated carbocycles. The first-order valence-corrected chi connectivity index (χ1v) is 9.40. The average Bonchev–Trinajstić information content (AvgIpc) is 3.18. The van der Waals surface area contributed by atoms with Crippen molar-refractivity contribution in [3.05, 3.63) is 53.9 Å². The van der Waals surface area contributed by atoms with Gasteiger partial charge < -0.3 is 15.5 Å². The summed E-state index contributed by atoms with van der Waals surface area (Å²) in [6.45, 7) is 5.23. The van der Waals surface area contributed by atoms with Gasteiger partial charge in [-0.2, -0.15) is 5.10 Å². The van der Waals surface area contributed by atoms with Crippen LogP contribution in [0.1, 0.15) is 29.3 Å². The second kappa shape index (κ2) is 11.0. The number of amides is 1. The molecule has 0 radical (unpaired) electrons. The molecule has 0 unspecified atom stereocenters. The van der Waals surface area contributed by atoms with Gasteiger partial charge in [0.2, 0.25) is 0 Å². The van der Waals surface area contributed by atoms with Gasteiger partial charge in [0, 0.05) is 58.2 Å². The van der Waals surface area contributed by atoms with E-state index < -0.39 is 0 Å². The second-order valence-electron chi connectivity index (χ2n) is 6.46. The van der Waals surface area contributed by atoms with Crippen molar-refractivity contribution in [3.8, 4) is 0 Å². The maximum absolute atomic E-state index is 12.1. The number of nitrogens with zero attached hydrogens (tertiary/aromatic N) is 4. The van der Waals surface area contributed by atoms with Crippen molar-refractivity contribution < 1.29 is 4.79 Å². The lowest BCUT2D eigenvalue weighted by atomic mass is 10.1. The van der Waals surface area contributed by atoms with E-state index in [0.717, 1.165) is 56.1 Å². The van der Waals surface area contributed by atoms with Crippen molar-refractivity contribution in [1.29, 1.82) is 0 Å². The van der Waals surface area contributed by atoms with Crippen LogP contribution < -0.4 is 10.6 Å². The predicted octanol–water partition coefficient (Wildman–Crippen LogP) is 1.77. The standard InChI is InChI=1S/C20H30N6O/c1-4-21-20(22-11-6-14-26-15-7-12-24-26)23-13-10-17-8-5-9-18(16-17)19(27)25(2)3/h5,7-9,12,15-16H,4,6,10-11,13-14H2,1-3H3,(H2,21,22,23). The predicted molar refractivity (Wildman–Crippen MR) is 109 cm³/mol. The van der Waals surface area contributed by atoms with Crippen LogP contribution in [0.5, 0.6) is 0 Å². The maximum Gasteiger partial charge on any atom is 0.253 e. The lowest BCUT2D eigenvalue weighted by molar-refractivity contribution is 0.0827. The van der Waals surface area contributed by atoms with Gasteiger partial charge in [-0.05, 0) is 43.5 Å². The molecule has 0 aliphatic heterocycles. The van der Waals surface area contributed by atoms with E-state index in [0.29, 0.717) is 0 Å². The fraction of sp³-hybridized carbons (Fsp3) is 0.450. The highest BCUT2D eigenvalue weighted by Gasteiger charge is 2.08. The summed E-state index contributed by atoms with van der Waals surface area (Å²) in [6.07, 6.45) is 5.51. The maximum atomic E-state index is 12.1. The number of aliphatic imine (C=N–C) groups is 1. The summed E-state index contributed by atoms with van der Waals surface area (Å²) in [5, 5.41) is 10.8. The largest absolute Gasteiger partial charge is 0.357 e. The third-order valence-electron chi connectivity index (χ3n) is 4.00. The third kappa shape index (κ3) is 7.13. The minimum atomic E-state index is 0.0249. The Morgan fingerprint density at radius 2 is 2.11 bits per heavy atom. The molecule has 2 rings (SSSR count). The molecule has 146 valence electrons. The highest BCUT2D eigenvalue weighted by molar-refractivity contribution is 5.94. The first-order valence-electron chi connectivity index (χ1n) is 9.40. The quantitative estimate of drug-likeness (QED) is 0.401. The summed E-state index contributed by atoms with van der Waals surface area (Å²) in [4.78, 5) is 18.3. The molecule has 1 heterocycles. The number of carbonyl (C=O) groups excluding carboxylic acids is 1. The Balaban J connectivity index is 1.80. The normalized spacial score (nSPS) is 11.3. The number of hydrogen-bond donors (Lipinski definition) is 2. The molecule has 7 heteroatoms. The zero-order chi connectivity index (χ0) is 19.5. The smallest absolute Gasteiger partial charge is 0.253 e. The zero-order valence-electron chi connectivity index (χ0n) is 16.5. The lowest BCUT2D eigenvalue weighted by Gasteiger charge is -2.13. The fourth-order valence-electron chi connectivity index (χ4n) is 2.64. The number of guanidine groups is 1. The number of benzene rings is 1. The van der Waals surface area contributed by atoms with E-state index in [1.165, 1.54) is 0 Å². The average molecular weight is 371 g/mol. The molecular weight excluding hydrogens is 340 g/mol. The van der Waals surface area contributed by atoms with E-state index in [-0.39, 0.29) is 5.91 Å². The Bertz CT molecular complexity index is 724. The first-order chi connectivity index (χ1) is 13.1. The molecule has 27 heavy (non-hydrogen) atoms. The summed E-state index contributed by atoms with van der Waals surface area (Å²) in [6, 6.07) is 9.71. The number of aryl methyl sites for hydroxylation is 1. The monoisotopic (exact) mass is 370 g/mol. The van der Waals surface area contributed by atoms with Crippen LogP contribution in [0.4, 0.5) is 0 Å². The highest BCUT2D eigenvalue weighted by Crippen LogP contribution is 2.07. The first kappa shape index (κ1) is 20.5. The molecule has 7 nitrogen and oxygen atoms in total. The van der Waals surface area contributed by atoms with Crippen LogP contribution in [-0.2, 0) is 13.0 Å². The minimum Gasteiger partial charge on any atom is -0.357 e. The van der Waals surface area contributed by atoms with Crippen molar-refractivity contribution in [2.45, 2.75) is 26.3 Å². The van der Waals surface area contributed by atoms with Crippen molar-refractivity contribution in [3.63, 3.8) is 0 Å². The third-order valence-corrected chi connectivity index (χ3v) is 4.00. The van der Waals surface area contributed by atoms with Gasteiger partial charge in [0.25, 0.3) is 5.91 Å². The van der Waals surface area contributed by atoms with Crippen LogP contribution in [0, 0.1) is 0 Å². The molecule has 1 aromatic carbocycles. The highest BCUT2D eigenvalue weighted by atomic mass is 16.2. The van der Waals surface area contributed by atoms with E-state index >= 15 is 0 Å². The molecule has 2 aromatic rings. The summed E-state index contributed by atoms with van der Waals surface area (Å²) in [5.74, 6) is 0.843. The van der Waals surface area contributed by atoms with Gasteiger partial charge in [-0.3, -0.25) is 14.5 Å². The number of aromatic nitrogens is 2. The number of nitrogens with one attached hydrogen (secondary N) is 2. The molecular formula is C20H30N6O. The van der Waals surface area contributed by atoms with Crippen LogP contribution in [0.25, 0.3) is 0 Å².